The Bertz CT molecular complexity index is 219. The predicted octanol–water partition coefficient (Wildman–Crippen LogP) is 1.29. The standard InChI is InChI=1S/C12H24N2O2/c1-10-6-5-9-12(13(10)15)14(16)11-7-3-2-4-8-11/h10-13,16H,2-9H2,1H3. The van der Waals surface area contributed by atoms with Crippen LogP contribution in [-0.4, -0.2) is 28.5 Å². The van der Waals surface area contributed by atoms with E-state index in [1.165, 1.54) is 24.3 Å². The van der Waals surface area contributed by atoms with Crippen molar-refractivity contribution in [3.05, 3.63) is 5.21 Å². The SMILES string of the molecule is CC1CCCC(N(O)C2CCCCC2)[NH+]1[O-]. The van der Waals surface area contributed by atoms with Crippen LogP contribution in [-0.2, 0) is 0 Å². The summed E-state index contributed by atoms with van der Waals surface area (Å²) in [6.45, 7) is 1.99. The summed E-state index contributed by atoms with van der Waals surface area (Å²) in [6.07, 6.45) is 8.46. The average molecular weight is 228 g/mol. The maximum absolute atomic E-state index is 12.0. The molecule has 3 atom stereocenters. The van der Waals surface area contributed by atoms with Gasteiger partial charge in [-0.15, -0.1) is 5.06 Å². The van der Waals surface area contributed by atoms with Gasteiger partial charge in [0.15, 0.2) is 6.17 Å². The normalized spacial score (nSPS) is 37.9. The highest BCUT2D eigenvalue weighted by molar-refractivity contribution is 4.74. The van der Waals surface area contributed by atoms with Crippen molar-refractivity contribution in [2.24, 2.45) is 0 Å². The zero-order valence-corrected chi connectivity index (χ0v) is 10.2. The summed E-state index contributed by atoms with van der Waals surface area (Å²) < 4.78 is 0. The zero-order valence-electron chi connectivity index (χ0n) is 10.2. The molecule has 1 aliphatic heterocycles. The van der Waals surface area contributed by atoms with E-state index in [1.807, 2.05) is 6.92 Å². The smallest absolute Gasteiger partial charge is 0.165 e. The molecular formula is C12H24N2O2. The Balaban J connectivity index is 1.93. The molecule has 1 heterocycles. The summed E-state index contributed by atoms with van der Waals surface area (Å²) in [5.41, 5.74) is 0. The molecule has 1 aliphatic carbocycles. The van der Waals surface area contributed by atoms with Crippen molar-refractivity contribution in [1.29, 1.82) is 0 Å². The first kappa shape index (κ1) is 12.3. The number of nitrogens with one attached hydrogen (secondary N) is 1. The van der Waals surface area contributed by atoms with Gasteiger partial charge in [0, 0.05) is 12.5 Å². The van der Waals surface area contributed by atoms with Crippen LogP contribution in [0.1, 0.15) is 58.3 Å². The van der Waals surface area contributed by atoms with Crippen molar-refractivity contribution in [2.75, 3.05) is 0 Å². The fourth-order valence-corrected chi connectivity index (χ4v) is 3.09. The minimum Gasteiger partial charge on any atom is -0.633 e. The van der Waals surface area contributed by atoms with Gasteiger partial charge in [-0.1, -0.05) is 19.3 Å². The molecular weight excluding hydrogens is 204 g/mol. The molecule has 4 heteroatoms. The van der Waals surface area contributed by atoms with E-state index >= 15 is 0 Å². The van der Waals surface area contributed by atoms with Crippen LogP contribution >= 0.6 is 0 Å². The summed E-state index contributed by atoms with van der Waals surface area (Å²) >= 11 is 0. The van der Waals surface area contributed by atoms with Crippen molar-refractivity contribution in [1.82, 2.24) is 5.06 Å². The molecule has 4 nitrogen and oxygen atoms in total. The molecule has 0 bridgehead atoms. The Morgan fingerprint density at radius 1 is 1.06 bits per heavy atom. The average Bonchev–Trinajstić information content (AvgIpc) is 2.33. The lowest BCUT2D eigenvalue weighted by molar-refractivity contribution is -0.925. The van der Waals surface area contributed by atoms with E-state index in [1.54, 1.807) is 0 Å². The van der Waals surface area contributed by atoms with Crippen LogP contribution in [0.15, 0.2) is 0 Å². The monoisotopic (exact) mass is 228 g/mol. The molecule has 3 unspecified atom stereocenters. The van der Waals surface area contributed by atoms with Gasteiger partial charge < -0.3 is 15.5 Å². The Morgan fingerprint density at radius 3 is 2.44 bits per heavy atom. The Morgan fingerprint density at radius 2 is 1.75 bits per heavy atom. The molecule has 2 aliphatic rings. The number of quaternary nitrogens is 1. The van der Waals surface area contributed by atoms with Crippen LogP contribution in [0.5, 0.6) is 0 Å². The second-order valence-corrected chi connectivity index (χ2v) is 5.42. The van der Waals surface area contributed by atoms with Crippen LogP contribution < -0.4 is 5.06 Å². The lowest BCUT2D eigenvalue weighted by Crippen LogP contribution is -3.17. The third-order valence-electron chi connectivity index (χ3n) is 4.20. The fraction of sp³-hybridized carbons (Fsp3) is 1.00. The van der Waals surface area contributed by atoms with E-state index in [0.717, 1.165) is 32.1 Å². The van der Waals surface area contributed by atoms with Gasteiger partial charge in [0.05, 0.1) is 6.04 Å². The van der Waals surface area contributed by atoms with Gasteiger partial charge in [-0.25, -0.2) is 0 Å². The Labute approximate surface area is 97.8 Å². The highest BCUT2D eigenvalue weighted by Gasteiger charge is 2.34. The number of piperidine rings is 1. The summed E-state index contributed by atoms with van der Waals surface area (Å²) in [5.74, 6) is 0. The topological polar surface area (TPSA) is 51.0 Å². The summed E-state index contributed by atoms with van der Waals surface area (Å²) in [7, 11) is 0. The third-order valence-corrected chi connectivity index (χ3v) is 4.20. The maximum Gasteiger partial charge on any atom is 0.165 e. The molecule has 2 fully saturated rings. The van der Waals surface area contributed by atoms with Crippen LogP contribution in [0.3, 0.4) is 0 Å². The van der Waals surface area contributed by atoms with Gasteiger partial charge >= 0.3 is 0 Å². The van der Waals surface area contributed by atoms with Gasteiger partial charge in [-0.3, -0.25) is 0 Å². The fourth-order valence-electron chi connectivity index (χ4n) is 3.09. The lowest BCUT2D eigenvalue weighted by atomic mass is 9.94. The van der Waals surface area contributed by atoms with Gasteiger partial charge in [0.2, 0.25) is 0 Å². The second kappa shape index (κ2) is 5.45. The lowest BCUT2D eigenvalue weighted by Gasteiger charge is -2.45. The molecule has 0 spiro atoms. The largest absolute Gasteiger partial charge is 0.633 e. The van der Waals surface area contributed by atoms with Crippen molar-refractivity contribution in [2.45, 2.75) is 76.5 Å². The highest BCUT2D eigenvalue weighted by Crippen LogP contribution is 2.23. The minimum atomic E-state index is -0.216. The van der Waals surface area contributed by atoms with Crippen molar-refractivity contribution >= 4 is 0 Å². The molecule has 0 amide bonds. The second-order valence-electron chi connectivity index (χ2n) is 5.42. The maximum atomic E-state index is 12.0. The van der Waals surface area contributed by atoms with E-state index in [-0.39, 0.29) is 23.3 Å². The van der Waals surface area contributed by atoms with Crippen LogP contribution in [0, 0.1) is 5.21 Å². The van der Waals surface area contributed by atoms with Crippen molar-refractivity contribution in [3.63, 3.8) is 0 Å². The van der Waals surface area contributed by atoms with Crippen molar-refractivity contribution < 1.29 is 10.3 Å². The van der Waals surface area contributed by atoms with Crippen LogP contribution in [0.4, 0.5) is 0 Å². The molecule has 94 valence electrons. The first-order valence-corrected chi connectivity index (χ1v) is 6.71. The molecule has 16 heavy (non-hydrogen) atoms. The number of hydrogen-bond donors (Lipinski definition) is 2. The number of nitrogens with zero attached hydrogens (tertiary/aromatic N) is 1. The highest BCUT2D eigenvalue weighted by atomic mass is 16.5. The summed E-state index contributed by atoms with van der Waals surface area (Å²) in [6, 6.07) is 0.366. The number of rotatable bonds is 2. The predicted molar refractivity (Wildman–Crippen MR) is 61.9 cm³/mol. The molecule has 0 radical (unpaired) electrons. The minimum absolute atomic E-state index is 0.136. The zero-order chi connectivity index (χ0) is 11.5. The molecule has 0 aromatic rings. The van der Waals surface area contributed by atoms with Gasteiger partial charge in [0.1, 0.15) is 0 Å². The molecule has 1 saturated carbocycles. The molecule has 2 rings (SSSR count). The molecule has 0 aromatic carbocycles. The Kier molecular flexibility index (Phi) is 4.19. The Hall–Kier alpha value is -0.160. The van der Waals surface area contributed by atoms with E-state index in [4.69, 9.17) is 0 Å². The van der Waals surface area contributed by atoms with E-state index in [2.05, 4.69) is 0 Å². The molecule has 0 aromatic heterocycles. The van der Waals surface area contributed by atoms with Crippen molar-refractivity contribution in [3.8, 4) is 0 Å². The van der Waals surface area contributed by atoms with E-state index in [9.17, 15) is 10.4 Å². The van der Waals surface area contributed by atoms with E-state index in [0.29, 0.717) is 0 Å². The first-order valence-electron chi connectivity index (χ1n) is 6.71. The van der Waals surface area contributed by atoms with Gasteiger partial charge in [-0.05, 0) is 32.6 Å². The number of hydroxylamine groups is 4. The molecule has 2 N–H and O–H groups in total. The van der Waals surface area contributed by atoms with E-state index < -0.39 is 0 Å². The summed E-state index contributed by atoms with van der Waals surface area (Å²) in [5, 5.41) is 23.9. The quantitative estimate of drug-likeness (QED) is 0.553. The van der Waals surface area contributed by atoms with Crippen LogP contribution in [0.25, 0.3) is 0 Å². The molecule has 1 saturated heterocycles. The third kappa shape index (κ3) is 2.56. The van der Waals surface area contributed by atoms with Gasteiger partial charge in [0.25, 0.3) is 0 Å². The van der Waals surface area contributed by atoms with Crippen LogP contribution in [0.2, 0.25) is 0 Å². The van der Waals surface area contributed by atoms with Gasteiger partial charge in [-0.2, -0.15) is 0 Å². The first-order chi connectivity index (χ1) is 7.70. The number of hydrogen-bond acceptors (Lipinski definition) is 3. The summed E-state index contributed by atoms with van der Waals surface area (Å²) in [4.78, 5) is 0.